The number of hydrogen-bond donors (Lipinski definition) is 0. The summed E-state index contributed by atoms with van der Waals surface area (Å²) in [5.41, 5.74) is 0.545. The molecule has 0 saturated heterocycles. The van der Waals surface area contributed by atoms with Crippen LogP contribution in [0.1, 0.15) is 0 Å². The molecule has 0 aliphatic rings. The lowest BCUT2D eigenvalue weighted by atomic mass is 10.2. The maximum atomic E-state index is 13.1. The summed E-state index contributed by atoms with van der Waals surface area (Å²) in [7, 11) is 0. The third-order valence-corrected chi connectivity index (χ3v) is 2.28. The van der Waals surface area contributed by atoms with E-state index in [1.807, 2.05) is 5.38 Å². The monoisotopic (exact) mass is 178 g/mol. The third-order valence-electron chi connectivity index (χ3n) is 1.48. The Morgan fingerprint density at radius 2 is 2.42 bits per heavy atom. The largest absolute Gasteiger partial charge is 0.244 e. The van der Waals surface area contributed by atoms with E-state index in [0.29, 0.717) is 10.6 Å². The van der Waals surface area contributed by atoms with Gasteiger partial charge in [-0.15, -0.1) is 11.3 Å². The van der Waals surface area contributed by atoms with Gasteiger partial charge in [-0.2, -0.15) is 0 Å². The van der Waals surface area contributed by atoms with E-state index in [4.69, 9.17) is 0 Å². The van der Waals surface area contributed by atoms with Crippen LogP contribution in [-0.2, 0) is 0 Å². The second-order valence-corrected chi connectivity index (χ2v) is 3.14. The predicted molar refractivity (Wildman–Crippen MR) is 46.3 cm³/mol. The summed E-state index contributed by atoms with van der Waals surface area (Å²) in [5, 5.41) is 2.53. The molecule has 0 spiro atoms. The van der Waals surface area contributed by atoms with E-state index in [9.17, 15) is 4.39 Å². The minimum absolute atomic E-state index is 0.271. The van der Waals surface area contributed by atoms with Gasteiger partial charge in [-0.05, 0) is 18.2 Å². The first-order valence-corrected chi connectivity index (χ1v) is 4.31. The number of nitrogens with zero attached hydrogens (tertiary/aromatic N) is 1. The quantitative estimate of drug-likeness (QED) is 0.654. The first kappa shape index (κ1) is 7.43. The Labute approximate surface area is 73.5 Å². The van der Waals surface area contributed by atoms with Gasteiger partial charge >= 0.3 is 0 Å². The van der Waals surface area contributed by atoms with Crippen molar-refractivity contribution < 1.29 is 4.39 Å². The average Bonchev–Trinajstić information content (AvgIpc) is 2.57. The van der Waals surface area contributed by atoms with Crippen LogP contribution in [0.2, 0.25) is 0 Å². The molecular formula is C9H5FNS. The highest BCUT2D eigenvalue weighted by Gasteiger charge is 2.04. The van der Waals surface area contributed by atoms with Crippen LogP contribution < -0.4 is 0 Å². The minimum Gasteiger partial charge on any atom is -0.244 e. The Morgan fingerprint density at radius 3 is 3.08 bits per heavy atom. The number of hydrogen-bond acceptors (Lipinski definition) is 2. The molecule has 1 aromatic carbocycles. The van der Waals surface area contributed by atoms with Crippen molar-refractivity contribution in [1.82, 2.24) is 4.98 Å². The van der Waals surface area contributed by atoms with Gasteiger partial charge in [0.1, 0.15) is 10.8 Å². The fourth-order valence-electron chi connectivity index (χ4n) is 0.940. The second-order valence-electron chi connectivity index (χ2n) is 2.24. The maximum Gasteiger partial charge on any atom is 0.134 e. The Bertz CT molecular complexity index is 370. The normalized spacial score (nSPS) is 10.1. The molecule has 1 nitrogen and oxygen atoms in total. The number of thiazole rings is 1. The topological polar surface area (TPSA) is 12.9 Å². The Balaban J connectivity index is 2.55. The smallest absolute Gasteiger partial charge is 0.134 e. The van der Waals surface area contributed by atoms with Gasteiger partial charge in [-0.25, -0.2) is 9.37 Å². The summed E-state index contributed by atoms with van der Waals surface area (Å²) >= 11 is 1.43. The van der Waals surface area contributed by atoms with Crippen LogP contribution in [0, 0.1) is 11.9 Å². The number of halogens is 1. The van der Waals surface area contributed by atoms with Gasteiger partial charge in [0.05, 0.1) is 0 Å². The van der Waals surface area contributed by atoms with E-state index >= 15 is 0 Å². The molecule has 12 heavy (non-hydrogen) atoms. The number of benzene rings is 1. The van der Waals surface area contributed by atoms with Crippen molar-refractivity contribution in [3.63, 3.8) is 0 Å². The highest BCUT2D eigenvalue weighted by Crippen LogP contribution is 2.23. The van der Waals surface area contributed by atoms with E-state index in [2.05, 4.69) is 11.1 Å². The van der Waals surface area contributed by atoms with Gasteiger partial charge < -0.3 is 0 Å². The summed E-state index contributed by atoms with van der Waals surface area (Å²) < 4.78 is 13.1. The van der Waals surface area contributed by atoms with E-state index in [1.165, 1.54) is 17.4 Å². The summed E-state index contributed by atoms with van der Waals surface area (Å²) in [6, 6.07) is 7.34. The van der Waals surface area contributed by atoms with E-state index in [0.717, 1.165) is 0 Å². The van der Waals surface area contributed by atoms with Crippen molar-refractivity contribution in [3.05, 3.63) is 41.7 Å². The lowest BCUT2D eigenvalue weighted by Gasteiger charge is -1.95. The highest BCUT2D eigenvalue weighted by molar-refractivity contribution is 7.13. The summed E-state index contributed by atoms with van der Waals surface area (Å²) in [6.07, 6.45) is 1.66. The molecular weight excluding hydrogens is 173 g/mol. The molecule has 59 valence electrons. The lowest BCUT2D eigenvalue weighted by Crippen LogP contribution is -1.80. The Morgan fingerprint density at radius 1 is 1.50 bits per heavy atom. The fraction of sp³-hybridized carbons (Fsp3) is 0. The van der Waals surface area contributed by atoms with Crippen molar-refractivity contribution in [2.24, 2.45) is 0 Å². The molecule has 0 N–H and O–H groups in total. The van der Waals surface area contributed by atoms with Crippen LogP contribution in [-0.4, -0.2) is 4.98 Å². The molecule has 1 heterocycles. The van der Waals surface area contributed by atoms with E-state index in [-0.39, 0.29) is 5.82 Å². The zero-order chi connectivity index (χ0) is 8.39. The fourth-order valence-corrected chi connectivity index (χ4v) is 1.60. The third kappa shape index (κ3) is 1.23. The molecule has 1 radical (unpaired) electrons. The van der Waals surface area contributed by atoms with Gasteiger partial charge in [-0.1, -0.05) is 6.07 Å². The number of aromatic nitrogens is 1. The molecule has 2 rings (SSSR count). The van der Waals surface area contributed by atoms with Gasteiger partial charge in [0.25, 0.3) is 0 Å². The second kappa shape index (κ2) is 3.03. The minimum atomic E-state index is -0.271. The Kier molecular flexibility index (Phi) is 1.87. The zero-order valence-corrected chi connectivity index (χ0v) is 6.94. The molecule has 0 atom stereocenters. The van der Waals surface area contributed by atoms with E-state index in [1.54, 1.807) is 18.3 Å². The van der Waals surface area contributed by atoms with Crippen molar-refractivity contribution in [1.29, 1.82) is 0 Å². The lowest BCUT2D eigenvalue weighted by molar-refractivity contribution is 0.631. The van der Waals surface area contributed by atoms with Crippen LogP contribution in [0.3, 0.4) is 0 Å². The standard InChI is InChI=1S/C9H5FNS/c10-8-4-2-1-3-7(8)9-11-5-6-12-9/h1,3-6H. The summed E-state index contributed by atoms with van der Waals surface area (Å²) in [4.78, 5) is 4.01. The van der Waals surface area contributed by atoms with Crippen LogP contribution >= 0.6 is 11.3 Å². The van der Waals surface area contributed by atoms with Crippen molar-refractivity contribution >= 4 is 11.3 Å². The SMILES string of the molecule is Fc1c[c]ccc1-c1nccs1. The van der Waals surface area contributed by atoms with Crippen LogP contribution in [0.25, 0.3) is 10.6 Å². The molecule has 0 fully saturated rings. The highest BCUT2D eigenvalue weighted by atomic mass is 32.1. The van der Waals surface area contributed by atoms with Crippen LogP contribution in [0.5, 0.6) is 0 Å². The van der Waals surface area contributed by atoms with Crippen molar-refractivity contribution in [2.75, 3.05) is 0 Å². The molecule has 0 aliphatic carbocycles. The molecule has 2 aromatic rings. The first-order chi connectivity index (χ1) is 5.88. The van der Waals surface area contributed by atoms with Gasteiger partial charge in [0, 0.05) is 17.1 Å². The van der Waals surface area contributed by atoms with E-state index < -0.39 is 0 Å². The van der Waals surface area contributed by atoms with Crippen LogP contribution in [0.15, 0.2) is 29.8 Å². The molecule has 1 aromatic heterocycles. The molecule has 3 heteroatoms. The summed E-state index contributed by atoms with van der Waals surface area (Å²) in [6.45, 7) is 0. The summed E-state index contributed by atoms with van der Waals surface area (Å²) in [5.74, 6) is -0.271. The Hall–Kier alpha value is -1.22. The zero-order valence-electron chi connectivity index (χ0n) is 6.12. The maximum absolute atomic E-state index is 13.1. The number of rotatable bonds is 1. The van der Waals surface area contributed by atoms with Gasteiger partial charge in [0.15, 0.2) is 0 Å². The molecule has 0 aliphatic heterocycles. The molecule has 0 amide bonds. The van der Waals surface area contributed by atoms with Crippen LogP contribution in [0.4, 0.5) is 4.39 Å². The van der Waals surface area contributed by atoms with Gasteiger partial charge in [0.2, 0.25) is 0 Å². The predicted octanol–water partition coefficient (Wildman–Crippen LogP) is 2.75. The van der Waals surface area contributed by atoms with Crippen molar-refractivity contribution in [3.8, 4) is 10.6 Å². The molecule has 0 unspecified atom stereocenters. The first-order valence-electron chi connectivity index (χ1n) is 3.43. The van der Waals surface area contributed by atoms with Gasteiger partial charge in [-0.3, -0.25) is 0 Å². The average molecular weight is 178 g/mol. The molecule has 0 saturated carbocycles. The van der Waals surface area contributed by atoms with Crippen molar-refractivity contribution in [2.45, 2.75) is 0 Å². The molecule has 0 bridgehead atoms.